The highest BCUT2D eigenvalue weighted by atomic mass is 16.5. The Hall–Kier alpha value is -1.09. The largest absolute Gasteiger partial charge is 0.377 e. The molecule has 12 heavy (non-hydrogen) atoms. The molecular weight excluding hydrogens is 154 g/mol. The Morgan fingerprint density at radius 2 is 2.42 bits per heavy atom. The third kappa shape index (κ3) is 1.95. The van der Waals surface area contributed by atoms with Gasteiger partial charge in [-0.15, -0.1) is 0 Å². The van der Waals surface area contributed by atoms with Crippen molar-refractivity contribution in [2.45, 2.75) is 19.4 Å². The van der Waals surface area contributed by atoms with Crippen LogP contribution in [-0.4, -0.2) is 12.3 Å². The molecular formula is C9H14NO2+. The Labute approximate surface area is 72.2 Å². The molecule has 1 aromatic heterocycles. The van der Waals surface area contributed by atoms with Crippen LogP contribution < -0.4 is 4.73 Å². The quantitative estimate of drug-likeness (QED) is 0.545. The van der Waals surface area contributed by atoms with Gasteiger partial charge in [0.25, 0.3) is 0 Å². The van der Waals surface area contributed by atoms with Crippen molar-refractivity contribution in [2.24, 2.45) is 0 Å². The van der Waals surface area contributed by atoms with Gasteiger partial charge in [-0.25, -0.2) is 0 Å². The van der Waals surface area contributed by atoms with E-state index in [1.54, 1.807) is 25.6 Å². The van der Waals surface area contributed by atoms with Gasteiger partial charge >= 0.3 is 0 Å². The highest BCUT2D eigenvalue weighted by Gasteiger charge is 2.11. The summed E-state index contributed by atoms with van der Waals surface area (Å²) in [6.07, 6.45) is 4.20. The third-order valence-electron chi connectivity index (χ3n) is 1.84. The Bertz CT molecular complexity index is 246. The average Bonchev–Trinajstić information content (AvgIpc) is 2.07. The first-order valence-electron chi connectivity index (χ1n) is 4.01. The van der Waals surface area contributed by atoms with Crippen molar-refractivity contribution in [1.29, 1.82) is 0 Å². The fourth-order valence-electron chi connectivity index (χ4n) is 1.21. The molecule has 1 N–H and O–H groups in total. The van der Waals surface area contributed by atoms with E-state index in [1.165, 1.54) is 0 Å². The lowest BCUT2D eigenvalue weighted by molar-refractivity contribution is -0.905. The maximum absolute atomic E-state index is 9.11. The molecule has 0 aliphatic rings. The highest BCUT2D eigenvalue weighted by molar-refractivity contribution is 5.08. The van der Waals surface area contributed by atoms with E-state index in [0.717, 1.165) is 16.7 Å². The lowest BCUT2D eigenvalue weighted by atomic mass is 10.1. The van der Waals surface area contributed by atoms with Crippen molar-refractivity contribution in [3.63, 3.8) is 0 Å². The molecule has 0 aliphatic carbocycles. The number of hydrogen-bond donors (Lipinski definition) is 1. The predicted octanol–water partition coefficient (Wildman–Crippen LogP) is 1.31. The smallest absolute Gasteiger partial charge is 0.228 e. The van der Waals surface area contributed by atoms with Crippen LogP contribution in [0.5, 0.6) is 0 Å². The number of aromatic nitrogens is 1. The molecule has 0 saturated carbocycles. The van der Waals surface area contributed by atoms with E-state index in [1.807, 2.05) is 13.0 Å². The first-order valence-corrected chi connectivity index (χ1v) is 4.01. The first-order chi connectivity index (χ1) is 5.77. The van der Waals surface area contributed by atoms with Crippen molar-refractivity contribution in [3.05, 3.63) is 30.1 Å². The van der Waals surface area contributed by atoms with Gasteiger partial charge in [-0.3, -0.25) is 5.21 Å². The minimum Gasteiger partial charge on any atom is -0.377 e. The van der Waals surface area contributed by atoms with Crippen molar-refractivity contribution in [3.8, 4) is 0 Å². The van der Waals surface area contributed by atoms with E-state index in [-0.39, 0.29) is 6.10 Å². The second-order valence-electron chi connectivity index (χ2n) is 2.65. The Morgan fingerprint density at radius 1 is 1.67 bits per heavy atom. The maximum atomic E-state index is 9.11. The second-order valence-corrected chi connectivity index (χ2v) is 2.65. The van der Waals surface area contributed by atoms with Crippen LogP contribution in [0.1, 0.15) is 25.0 Å². The second kappa shape index (κ2) is 4.07. The standard InChI is InChI=1S/C9H14NO2/c1-3-9(12-2)8-5-4-6-10(11)7-8/h4-7,9,11H,3H2,1-2H3/q+1. The zero-order valence-corrected chi connectivity index (χ0v) is 7.40. The number of nitrogens with zero attached hydrogens (tertiary/aromatic N) is 1. The van der Waals surface area contributed by atoms with E-state index in [9.17, 15) is 0 Å². The van der Waals surface area contributed by atoms with Gasteiger partial charge in [-0.2, -0.15) is 0 Å². The summed E-state index contributed by atoms with van der Waals surface area (Å²) in [7, 11) is 1.67. The topological polar surface area (TPSA) is 33.3 Å². The average molecular weight is 168 g/mol. The highest BCUT2D eigenvalue weighted by Crippen LogP contribution is 2.17. The molecule has 0 bridgehead atoms. The van der Waals surface area contributed by atoms with Gasteiger partial charge in [-0.1, -0.05) is 6.92 Å². The third-order valence-corrected chi connectivity index (χ3v) is 1.84. The van der Waals surface area contributed by atoms with Crippen LogP contribution in [-0.2, 0) is 4.74 Å². The molecule has 0 radical (unpaired) electrons. The zero-order valence-electron chi connectivity index (χ0n) is 7.40. The van der Waals surface area contributed by atoms with E-state index >= 15 is 0 Å². The van der Waals surface area contributed by atoms with Gasteiger partial charge < -0.3 is 4.74 Å². The summed E-state index contributed by atoms with van der Waals surface area (Å²) >= 11 is 0. The number of hydrogen-bond acceptors (Lipinski definition) is 2. The predicted molar refractivity (Wildman–Crippen MR) is 43.9 cm³/mol. The molecule has 0 aliphatic heterocycles. The number of rotatable bonds is 3. The summed E-state index contributed by atoms with van der Waals surface area (Å²) in [4.78, 5) is 0. The summed E-state index contributed by atoms with van der Waals surface area (Å²) < 4.78 is 6.25. The van der Waals surface area contributed by atoms with Crippen LogP contribution in [0, 0.1) is 0 Å². The van der Waals surface area contributed by atoms with Gasteiger partial charge in [0.1, 0.15) is 0 Å². The fraction of sp³-hybridized carbons (Fsp3) is 0.444. The van der Waals surface area contributed by atoms with Gasteiger partial charge in [0.2, 0.25) is 12.4 Å². The van der Waals surface area contributed by atoms with Crippen LogP contribution in [0.2, 0.25) is 0 Å². The van der Waals surface area contributed by atoms with Crippen LogP contribution >= 0.6 is 0 Å². The molecule has 0 aromatic carbocycles. The molecule has 0 fully saturated rings. The van der Waals surface area contributed by atoms with Crippen LogP contribution in [0.3, 0.4) is 0 Å². The first kappa shape index (κ1) is 9.00. The zero-order chi connectivity index (χ0) is 8.97. The van der Waals surface area contributed by atoms with Gasteiger partial charge in [-0.05, 0) is 12.5 Å². The maximum Gasteiger partial charge on any atom is 0.228 e. The van der Waals surface area contributed by atoms with Crippen molar-refractivity contribution in [1.82, 2.24) is 0 Å². The van der Waals surface area contributed by atoms with Crippen LogP contribution in [0.25, 0.3) is 0 Å². The number of methoxy groups -OCH3 is 1. The van der Waals surface area contributed by atoms with Crippen molar-refractivity contribution < 1.29 is 14.7 Å². The van der Waals surface area contributed by atoms with Crippen molar-refractivity contribution in [2.75, 3.05) is 7.11 Å². The van der Waals surface area contributed by atoms with E-state index < -0.39 is 0 Å². The van der Waals surface area contributed by atoms with E-state index in [0.29, 0.717) is 0 Å². The molecule has 1 heterocycles. The summed E-state index contributed by atoms with van der Waals surface area (Å²) in [5, 5.41) is 9.11. The Morgan fingerprint density at radius 3 is 2.92 bits per heavy atom. The SMILES string of the molecule is CCC(OC)c1ccc[n+](O)c1. The molecule has 0 amide bonds. The van der Waals surface area contributed by atoms with E-state index in [2.05, 4.69) is 0 Å². The minimum atomic E-state index is 0.0737. The molecule has 1 unspecified atom stereocenters. The lowest BCUT2D eigenvalue weighted by Crippen LogP contribution is -2.29. The van der Waals surface area contributed by atoms with Crippen LogP contribution in [0.4, 0.5) is 0 Å². The molecule has 1 rings (SSSR count). The molecule has 0 spiro atoms. The molecule has 3 nitrogen and oxygen atoms in total. The molecule has 0 saturated heterocycles. The van der Waals surface area contributed by atoms with E-state index in [4.69, 9.17) is 9.94 Å². The number of ether oxygens (including phenoxy) is 1. The summed E-state index contributed by atoms with van der Waals surface area (Å²) in [6.45, 7) is 2.04. The molecule has 66 valence electrons. The van der Waals surface area contributed by atoms with Crippen LogP contribution in [0.15, 0.2) is 24.5 Å². The summed E-state index contributed by atoms with van der Waals surface area (Å²) in [5.41, 5.74) is 0.991. The minimum absolute atomic E-state index is 0.0737. The van der Waals surface area contributed by atoms with Crippen molar-refractivity contribution >= 4 is 0 Å². The van der Waals surface area contributed by atoms with Gasteiger partial charge in [0.15, 0.2) is 0 Å². The Balaban J connectivity index is 2.85. The summed E-state index contributed by atoms with van der Waals surface area (Å²) in [6, 6.07) is 3.72. The monoisotopic (exact) mass is 168 g/mol. The lowest BCUT2D eigenvalue weighted by Gasteiger charge is -2.10. The molecule has 1 aromatic rings. The number of pyridine rings is 1. The molecule has 1 atom stereocenters. The summed E-state index contributed by atoms with van der Waals surface area (Å²) in [5.74, 6) is 0. The van der Waals surface area contributed by atoms with Gasteiger partial charge in [0, 0.05) is 23.5 Å². The normalized spacial score (nSPS) is 12.8. The fourth-order valence-corrected chi connectivity index (χ4v) is 1.21. The Kier molecular flexibility index (Phi) is 3.05. The van der Waals surface area contributed by atoms with Gasteiger partial charge in [0.05, 0.1) is 6.10 Å². The molecule has 3 heteroatoms.